The topological polar surface area (TPSA) is 91.4 Å². The molecule has 0 saturated carbocycles. The van der Waals surface area contributed by atoms with Gasteiger partial charge in [0.25, 0.3) is 5.56 Å². The van der Waals surface area contributed by atoms with Gasteiger partial charge in [-0.1, -0.05) is 18.2 Å². The van der Waals surface area contributed by atoms with Gasteiger partial charge in [0.05, 0.1) is 0 Å². The molecule has 182 valence electrons. The Morgan fingerprint density at radius 2 is 1.89 bits per heavy atom. The van der Waals surface area contributed by atoms with Crippen molar-refractivity contribution in [3.05, 3.63) is 88.6 Å². The lowest BCUT2D eigenvalue weighted by Gasteiger charge is -2.34. The molecule has 0 bridgehead atoms. The first kappa shape index (κ1) is 24.3. The molecule has 0 aliphatic carbocycles. The van der Waals surface area contributed by atoms with Crippen LogP contribution in [0, 0.1) is 5.82 Å². The number of amides is 1. The summed E-state index contributed by atoms with van der Waals surface area (Å²) >= 11 is 0. The predicted octanol–water partition coefficient (Wildman–Crippen LogP) is 2.81. The smallest absolute Gasteiger partial charge is 0.273 e. The van der Waals surface area contributed by atoms with Crippen LogP contribution >= 0.6 is 0 Å². The van der Waals surface area contributed by atoms with Gasteiger partial charge in [0.15, 0.2) is 5.82 Å². The van der Waals surface area contributed by atoms with Crippen molar-refractivity contribution in [1.29, 1.82) is 0 Å². The Morgan fingerprint density at radius 1 is 1.11 bits per heavy atom. The second-order valence-corrected chi connectivity index (χ2v) is 8.36. The standard InChI is InChI=1S/C26H28FN5O3/c1-2-12-31-13-15-32(16-14-31)24(33)11-10-23-26(34)28-25(30-29-23)20-6-8-22(9-7-20)35-18-19-4-3-5-21(27)17-19/h2-9,17H,1,10-16,18H2,(H,28,30,34). The molecule has 9 heteroatoms. The van der Waals surface area contributed by atoms with Crippen LogP contribution in [0.25, 0.3) is 11.4 Å². The molecule has 35 heavy (non-hydrogen) atoms. The Hall–Kier alpha value is -3.85. The molecule has 1 N–H and O–H groups in total. The maximum Gasteiger partial charge on any atom is 0.273 e. The van der Waals surface area contributed by atoms with Gasteiger partial charge >= 0.3 is 0 Å². The van der Waals surface area contributed by atoms with Gasteiger partial charge in [-0.15, -0.1) is 16.8 Å². The zero-order valence-corrected chi connectivity index (χ0v) is 19.5. The van der Waals surface area contributed by atoms with Crippen LogP contribution in [0.3, 0.4) is 0 Å². The van der Waals surface area contributed by atoms with Crippen LogP contribution < -0.4 is 10.3 Å². The normalized spacial score (nSPS) is 14.0. The van der Waals surface area contributed by atoms with E-state index < -0.39 is 0 Å². The first-order valence-corrected chi connectivity index (χ1v) is 11.6. The number of aromatic amines is 1. The van der Waals surface area contributed by atoms with Gasteiger partial charge in [0, 0.05) is 51.1 Å². The minimum atomic E-state index is -0.356. The Balaban J connectivity index is 1.30. The largest absolute Gasteiger partial charge is 0.489 e. The number of aromatic nitrogens is 3. The number of hydrogen-bond donors (Lipinski definition) is 1. The summed E-state index contributed by atoms with van der Waals surface area (Å²) in [6.07, 6.45) is 2.32. The number of ether oxygens (including phenoxy) is 1. The Kier molecular flexibility index (Phi) is 7.99. The molecule has 2 heterocycles. The van der Waals surface area contributed by atoms with Crippen molar-refractivity contribution in [3.63, 3.8) is 0 Å². The molecule has 2 aromatic carbocycles. The van der Waals surface area contributed by atoms with Crippen LogP contribution in [0.4, 0.5) is 4.39 Å². The first-order chi connectivity index (χ1) is 17.0. The maximum atomic E-state index is 13.3. The lowest BCUT2D eigenvalue weighted by Crippen LogP contribution is -2.48. The number of benzene rings is 2. The van der Waals surface area contributed by atoms with Crippen LogP contribution in [0.15, 0.2) is 66.0 Å². The van der Waals surface area contributed by atoms with E-state index in [2.05, 4.69) is 26.7 Å². The average Bonchev–Trinajstić information content (AvgIpc) is 2.87. The summed E-state index contributed by atoms with van der Waals surface area (Å²) in [5.41, 5.74) is 1.29. The van der Waals surface area contributed by atoms with Gasteiger partial charge in [-0.25, -0.2) is 4.39 Å². The molecule has 0 radical (unpaired) electrons. The molecule has 4 rings (SSSR count). The Bertz CT molecular complexity index is 1220. The van der Waals surface area contributed by atoms with Crippen molar-refractivity contribution in [1.82, 2.24) is 25.0 Å². The number of nitrogens with zero attached hydrogens (tertiary/aromatic N) is 4. The SMILES string of the molecule is C=CCN1CCN(C(=O)CCc2nnc(-c3ccc(OCc4cccc(F)c4)cc3)[nH]c2=O)CC1. The molecule has 1 aliphatic heterocycles. The van der Waals surface area contributed by atoms with Crippen molar-refractivity contribution in [2.24, 2.45) is 0 Å². The summed E-state index contributed by atoms with van der Waals surface area (Å²) in [6.45, 7) is 7.81. The number of piperazine rings is 1. The molecule has 8 nitrogen and oxygen atoms in total. The Labute approximate surface area is 203 Å². The average molecular weight is 478 g/mol. The fourth-order valence-electron chi connectivity index (χ4n) is 3.90. The van der Waals surface area contributed by atoms with Gasteiger partial charge < -0.3 is 14.6 Å². The number of carbonyl (C=O) groups excluding carboxylic acids is 1. The minimum absolute atomic E-state index is 0.0161. The van der Waals surface area contributed by atoms with Gasteiger partial charge in [-0.2, -0.15) is 0 Å². The number of aryl methyl sites for hydroxylation is 1. The van der Waals surface area contributed by atoms with Gasteiger partial charge in [0.2, 0.25) is 5.91 Å². The number of H-pyrrole nitrogens is 1. The van der Waals surface area contributed by atoms with Crippen molar-refractivity contribution >= 4 is 5.91 Å². The Morgan fingerprint density at radius 3 is 2.57 bits per heavy atom. The molecule has 1 fully saturated rings. The van der Waals surface area contributed by atoms with Crippen LogP contribution in [0.2, 0.25) is 0 Å². The van der Waals surface area contributed by atoms with E-state index in [0.717, 1.165) is 25.2 Å². The van der Waals surface area contributed by atoms with E-state index in [4.69, 9.17) is 4.74 Å². The lowest BCUT2D eigenvalue weighted by atomic mass is 10.2. The summed E-state index contributed by atoms with van der Waals surface area (Å²) in [5.74, 6) is 0.648. The molecule has 3 aromatic rings. The highest BCUT2D eigenvalue weighted by Crippen LogP contribution is 2.19. The molecular weight excluding hydrogens is 449 g/mol. The number of nitrogens with one attached hydrogen (secondary N) is 1. The third-order valence-corrected chi connectivity index (χ3v) is 5.87. The van der Waals surface area contributed by atoms with Crippen LogP contribution in [-0.2, 0) is 17.8 Å². The van der Waals surface area contributed by atoms with E-state index in [1.54, 1.807) is 36.4 Å². The zero-order chi connectivity index (χ0) is 24.6. The molecule has 0 atom stereocenters. The third-order valence-electron chi connectivity index (χ3n) is 5.87. The summed E-state index contributed by atoms with van der Waals surface area (Å²) in [4.78, 5) is 31.9. The number of rotatable bonds is 9. The highest BCUT2D eigenvalue weighted by Gasteiger charge is 2.20. The molecule has 0 spiro atoms. The summed E-state index contributed by atoms with van der Waals surface area (Å²) < 4.78 is 19.0. The number of halogens is 1. The molecule has 1 amide bonds. The van der Waals surface area contributed by atoms with E-state index in [9.17, 15) is 14.0 Å². The summed E-state index contributed by atoms with van der Waals surface area (Å²) in [7, 11) is 0. The first-order valence-electron chi connectivity index (χ1n) is 11.6. The molecule has 1 aliphatic rings. The van der Waals surface area contributed by atoms with E-state index in [0.29, 0.717) is 30.2 Å². The van der Waals surface area contributed by atoms with Crippen molar-refractivity contribution in [2.45, 2.75) is 19.4 Å². The summed E-state index contributed by atoms with van der Waals surface area (Å²) in [5, 5.41) is 8.20. The van der Waals surface area contributed by atoms with E-state index in [1.807, 2.05) is 11.0 Å². The van der Waals surface area contributed by atoms with Crippen molar-refractivity contribution < 1.29 is 13.9 Å². The van der Waals surface area contributed by atoms with Crippen LogP contribution in [-0.4, -0.2) is 63.6 Å². The molecular formula is C26H28FN5O3. The zero-order valence-electron chi connectivity index (χ0n) is 19.5. The fourth-order valence-corrected chi connectivity index (χ4v) is 3.90. The van der Waals surface area contributed by atoms with Crippen LogP contribution in [0.1, 0.15) is 17.7 Å². The highest BCUT2D eigenvalue weighted by atomic mass is 19.1. The van der Waals surface area contributed by atoms with E-state index >= 15 is 0 Å². The lowest BCUT2D eigenvalue weighted by molar-refractivity contribution is -0.132. The third kappa shape index (κ3) is 6.60. The van der Waals surface area contributed by atoms with Crippen LogP contribution in [0.5, 0.6) is 5.75 Å². The van der Waals surface area contributed by atoms with Gasteiger partial charge in [-0.3, -0.25) is 14.5 Å². The van der Waals surface area contributed by atoms with Crippen molar-refractivity contribution in [3.8, 4) is 17.1 Å². The van der Waals surface area contributed by atoms with E-state index in [1.165, 1.54) is 12.1 Å². The monoisotopic (exact) mass is 477 g/mol. The minimum Gasteiger partial charge on any atom is -0.489 e. The second kappa shape index (κ2) is 11.5. The molecule has 0 unspecified atom stereocenters. The number of hydrogen-bond acceptors (Lipinski definition) is 6. The quantitative estimate of drug-likeness (QED) is 0.477. The van der Waals surface area contributed by atoms with Gasteiger partial charge in [-0.05, 0) is 42.0 Å². The molecule has 1 aromatic heterocycles. The number of carbonyl (C=O) groups is 1. The molecule has 1 saturated heterocycles. The predicted molar refractivity (Wildman–Crippen MR) is 130 cm³/mol. The van der Waals surface area contributed by atoms with Crippen molar-refractivity contribution in [2.75, 3.05) is 32.7 Å². The summed E-state index contributed by atoms with van der Waals surface area (Å²) in [6, 6.07) is 13.2. The highest BCUT2D eigenvalue weighted by molar-refractivity contribution is 5.76. The van der Waals surface area contributed by atoms with E-state index in [-0.39, 0.29) is 42.4 Å². The maximum absolute atomic E-state index is 13.3. The fraction of sp³-hybridized carbons (Fsp3) is 0.308. The second-order valence-electron chi connectivity index (χ2n) is 8.36. The van der Waals surface area contributed by atoms with Gasteiger partial charge in [0.1, 0.15) is 23.9 Å².